The summed E-state index contributed by atoms with van der Waals surface area (Å²) in [6.07, 6.45) is -2.27. The zero-order valence-electron chi connectivity index (χ0n) is 10.3. The number of ether oxygens (including phenoxy) is 2. The molecule has 0 aromatic carbocycles. The Kier molecular flexibility index (Phi) is 4.88. The lowest BCUT2D eigenvalue weighted by atomic mass is 10.0. The molecule has 106 valence electrons. The van der Waals surface area contributed by atoms with Gasteiger partial charge in [0, 0.05) is 32.0 Å². The van der Waals surface area contributed by atoms with Crippen molar-refractivity contribution in [2.75, 3.05) is 13.1 Å². The minimum Gasteiger partial charge on any atom is -0.389 e. The summed E-state index contributed by atoms with van der Waals surface area (Å²) in [5, 5.41) is 12.8. The van der Waals surface area contributed by atoms with Crippen LogP contribution in [0, 0.1) is 0 Å². The Morgan fingerprint density at radius 1 is 1.39 bits per heavy atom. The summed E-state index contributed by atoms with van der Waals surface area (Å²) < 4.78 is 24.5. The molecule has 0 spiro atoms. The van der Waals surface area contributed by atoms with Crippen molar-refractivity contribution >= 4 is 0 Å². The Balaban J connectivity index is 1.84. The zero-order chi connectivity index (χ0) is 13.1. The van der Waals surface area contributed by atoms with Crippen molar-refractivity contribution in [2.24, 2.45) is 11.5 Å². The Morgan fingerprint density at radius 3 is 2.83 bits per heavy atom. The second-order valence-corrected chi connectivity index (χ2v) is 5.02. The topological polar surface area (TPSA) is 103 Å². The Labute approximate surface area is 106 Å². The van der Waals surface area contributed by atoms with Gasteiger partial charge in [0.2, 0.25) is 0 Å². The molecule has 0 saturated carbocycles. The standard InChI is InChI=1S/C11H22FN3O3/c12-6-1-8(4-13)17-10(2-6)18-11-9(16)3-7(14)5-15-11/h6-11,15-16H,1-5,13-14H2/t6?,7?,8?,9?,10-,11+/m1/s1. The van der Waals surface area contributed by atoms with Crippen LogP contribution in [0.1, 0.15) is 19.3 Å². The number of nitrogens with one attached hydrogen (secondary N) is 1. The average molecular weight is 263 g/mol. The van der Waals surface area contributed by atoms with E-state index in [1.54, 1.807) is 0 Å². The molecule has 2 aliphatic heterocycles. The minimum absolute atomic E-state index is 0.0853. The number of halogens is 1. The summed E-state index contributed by atoms with van der Waals surface area (Å²) >= 11 is 0. The van der Waals surface area contributed by atoms with Gasteiger partial charge in [0.25, 0.3) is 0 Å². The van der Waals surface area contributed by atoms with Crippen LogP contribution in [-0.2, 0) is 9.47 Å². The molecule has 0 bridgehead atoms. The smallest absolute Gasteiger partial charge is 0.163 e. The van der Waals surface area contributed by atoms with Crippen LogP contribution in [0.25, 0.3) is 0 Å². The molecule has 4 unspecified atom stereocenters. The summed E-state index contributed by atoms with van der Waals surface area (Å²) in [5.41, 5.74) is 11.2. The third-order valence-corrected chi connectivity index (χ3v) is 3.35. The van der Waals surface area contributed by atoms with Crippen molar-refractivity contribution in [3.63, 3.8) is 0 Å². The predicted octanol–water partition coefficient (Wildman–Crippen LogP) is -1.19. The van der Waals surface area contributed by atoms with Crippen molar-refractivity contribution in [3.8, 4) is 0 Å². The summed E-state index contributed by atoms with van der Waals surface area (Å²) in [4.78, 5) is 0. The Hall–Kier alpha value is -0.310. The van der Waals surface area contributed by atoms with Crippen LogP contribution < -0.4 is 16.8 Å². The van der Waals surface area contributed by atoms with Gasteiger partial charge in [-0.15, -0.1) is 0 Å². The van der Waals surface area contributed by atoms with Gasteiger partial charge >= 0.3 is 0 Å². The first-order valence-electron chi connectivity index (χ1n) is 6.40. The van der Waals surface area contributed by atoms with E-state index < -0.39 is 24.8 Å². The summed E-state index contributed by atoms with van der Waals surface area (Å²) in [6, 6.07) is -0.0853. The predicted molar refractivity (Wildman–Crippen MR) is 63.3 cm³/mol. The molecule has 0 aromatic heterocycles. The molecule has 2 saturated heterocycles. The molecular weight excluding hydrogens is 241 g/mol. The number of nitrogens with two attached hydrogens (primary N) is 2. The van der Waals surface area contributed by atoms with E-state index in [0.29, 0.717) is 19.4 Å². The van der Waals surface area contributed by atoms with Crippen molar-refractivity contribution < 1.29 is 19.0 Å². The van der Waals surface area contributed by atoms with Crippen molar-refractivity contribution in [1.29, 1.82) is 0 Å². The van der Waals surface area contributed by atoms with Gasteiger partial charge in [0.1, 0.15) is 12.4 Å². The maximum atomic E-state index is 13.5. The highest BCUT2D eigenvalue weighted by Gasteiger charge is 2.34. The monoisotopic (exact) mass is 263 g/mol. The molecule has 0 amide bonds. The van der Waals surface area contributed by atoms with Gasteiger partial charge in [0.05, 0.1) is 12.2 Å². The number of aliphatic hydroxyl groups is 1. The first-order valence-corrected chi connectivity index (χ1v) is 6.40. The molecule has 2 heterocycles. The summed E-state index contributed by atoms with van der Waals surface area (Å²) in [5.74, 6) is 0. The van der Waals surface area contributed by atoms with E-state index in [4.69, 9.17) is 20.9 Å². The molecule has 0 radical (unpaired) electrons. The highest BCUT2D eigenvalue weighted by molar-refractivity contribution is 4.83. The molecule has 0 aromatic rings. The van der Waals surface area contributed by atoms with Gasteiger partial charge in [-0.2, -0.15) is 0 Å². The zero-order valence-corrected chi connectivity index (χ0v) is 10.3. The molecule has 18 heavy (non-hydrogen) atoms. The van der Waals surface area contributed by atoms with Crippen molar-refractivity contribution in [3.05, 3.63) is 0 Å². The maximum Gasteiger partial charge on any atom is 0.163 e. The third kappa shape index (κ3) is 3.59. The van der Waals surface area contributed by atoms with E-state index >= 15 is 0 Å². The Bertz CT molecular complexity index is 272. The van der Waals surface area contributed by atoms with Crippen molar-refractivity contribution in [1.82, 2.24) is 5.32 Å². The highest BCUT2D eigenvalue weighted by atomic mass is 19.1. The highest BCUT2D eigenvalue weighted by Crippen LogP contribution is 2.24. The van der Waals surface area contributed by atoms with Crippen LogP contribution in [0.2, 0.25) is 0 Å². The first kappa shape index (κ1) is 14.1. The van der Waals surface area contributed by atoms with Crippen LogP contribution >= 0.6 is 0 Å². The number of aliphatic hydroxyl groups excluding tert-OH is 1. The summed E-state index contributed by atoms with van der Waals surface area (Å²) in [6.45, 7) is 0.833. The van der Waals surface area contributed by atoms with Crippen LogP contribution in [-0.4, -0.2) is 55.1 Å². The lowest BCUT2D eigenvalue weighted by molar-refractivity contribution is -0.247. The molecular formula is C11H22FN3O3. The number of rotatable bonds is 3. The van der Waals surface area contributed by atoms with E-state index in [0.717, 1.165) is 0 Å². The summed E-state index contributed by atoms with van der Waals surface area (Å²) in [7, 11) is 0. The van der Waals surface area contributed by atoms with Gasteiger partial charge in [-0.25, -0.2) is 4.39 Å². The van der Waals surface area contributed by atoms with E-state index in [-0.39, 0.29) is 25.1 Å². The van der Waals surface area contributed by atoms with Crippen LogP contribution in [0.3, 0.4) is 0 Å². The average Bonchev–Trinajstić information content (AvgIpc) is 2.32. The van der Waals surface area contributed by atoms with E-state index in [9.17, 15) is 9.50 Å². The molecule has 2 fully saturated rings. The molecule has 2 rings (SSSR count). The largest absolute Gasteiger partial charge is 0.389 e. The number of hydrogen-bond donors (Lipinski definition) is 4. The molecule has 6 atom stereocenters. The number of alkyl halides is 1. The van der Waals surface area contributed by atoms with Gasteiger partial charge in [-0.05, 0) is 6.42 Å². The maximum absolute atomic E-state index is 13.5. The minimum atomic E-state index is -0.972. The molecule has 0 aliphatic carbocycles. The fourth-order valence-electron chi connectivity index (χ4n) is 2.38. The fraction of sp³-hybridized carbons (Fsp3) is 1.00. The van der Waals surface area contributed by atoms with Crippen LogP contribution in [0.4, 0.5) is 4.39 Å². The number of hydrogen-bond acceptors (Lipinski definition) is 6. The van der Waals surface area contributed by atoms with Gasteiger partial charge in [0.15, 0.2) is 6.29 Å². The lowest BCUT2D eigenvalue weighted by Gasteiger charge is -2.38. The third-order valence-electron chi connectivity index (χ3n) is 3.35. The SMILES string of the molecule is NCC1CC(F)C[C@@H](O[C@@H]2NCC(N)CC2O)O1. The second-order valence-electron chi connectivity index (χ2n) is 5.02. The molecule has 7 heteroatoms. The van der Waals surface area contributed by atoms with Gasteiger partial charge < -0.3 is 26.0 Å². The number of piperidine rings is 1. The van der Waals surface area contributed by atoms with E-state index in [1.165, 1.54) is 0 Å². The van der Waals surface area contributed by atoms with Crippen LogP contribution in [0.5, 0.6) is 0 Å². The first-order chi connectivity index (χ1) is 8.58. The quantitative estimate of drug-likeness (QED) is 0.511. The van der Waals surface area contributed by atoms with E-state index in [2.05, 4.69) is 5.32 Å². The van der Waals surface area contributed by atoms with Crippen molar-refractivity contribution in [2.45, 2.75) is 56.2 Å². The molecule has 2 aliphatic rings. The molecule has 6 N–H and O–H groups in total. The lowest BCUT2D eigenvalue weighted by Crippen LogP contribution is -2.56. The normalized spacial score (nSPS) is 46.0. The second kappa shape index (κ2) is 6.23. The van der Waals surface area contributed by atoms with Gasteiger partial charge in [-0.3, -0.25) is 5.32 Å². The Morgan fingerprint density at radius 2 is 2.17 bits per heavy atom. The van der Waals surface area contributed by atoms with Gasteiger partial charge in [-0.1, -0.05) is 0 Å². The van der Waals surface area contributed by atoms with E-state index in [1.807, 2.05) is 0 Å². The fourth-order valence-corrected chi connectivity index (χ4v) is 2.38. The molecule has 6 nitrogen and oxygen atoms in total. The van der Waals surface area contributed by atoms with Crippen LogP contribution in [0.15, 0.2) is 0 Å².